The van der Waals surface area contributed by atoms with Gasteiger partial charge in [-0.25, -0.2) is 0 Å². The van der Waals surface area contributed by atoms with Crippen molar-refractivity contribution >= 4 is 74.0 Å². The van der Waals surface area contributed by atoms with E-state index < -0.39 is 82.9 Å². The van der Waals surface area contributed by atoms with Crippen LogP contribution in [-0.2, 0) is 40.5 Å². The molecule has 0 heterocycles. The van der Waals surface area contributed by atoms with E-state index in [0.29, 0.717) is 18.2 Å². The summed E-state index contributed by atoms with van der Waals surface area (Å²) in [6, 6.07) is 12.0. The van der Waals surface area contributed by atoms with Crippen molar-refractivity contribution in [1.82, 2.24) is 0 Å². The molecule has 0 aromatic heterocycles. The zero-order chi connectivity index (χ0) is 32.0. The molecule has 4 rings (SSSR count). The number of rotatable bonds is 8. The van der Waals surface area contributed by atoms with Crippen LogP contribution >= 0.6 is 0 Å². The molecule has 43 heavy (non-hydrogen) atoms. The van der Waals surface area contributed by atoms with E-state index in [2.05, 4.69) is 20.5 Å². The van der Waals surface area contributed by atoms with Crippen LogP contribution in [0.5, 0.6) is 5.75 Å². The third-order valence-corrected chi connectivity index (χ3v) is 9.01. The third-order valence-electron chi connectivity index (χ3n) is 5.49. The maximum absolute atomic E-state index is 12.4. The largest absolute Gasteiger partial charge is 0.504 e. The zero-order valence-corrected chi connectivity index (χ0v) is 24.0. The first kappa shape index (κ1) is 31.7. The number of fused-ring (bicyclic) bond motifs is 1. The molecule has 226 valence electrons. The van der Waals surface area contributed by atoms with Gasteiger partial charge in [0.15, 0.2) is 10.6 Å². The minimum Gasteiger partial charge on any atom is -0.504 e. The number of hydrogen-bond donors (Lipinski definition) is 5. The van der Waals surface area contributed by atoms with E-state index >= 15 is 0 Å². The van der Waals surface area contributed by atoms with Gasteiger partial charge < -0.3 is 5.11 Å². The summed E-state index contributed by atoms with van der Waals surface area (Å²) in [4.78, 5) is -4.33. The quantitative estimate of drug-likeness (QED) is 0.129. The first-order chi connectivity index (χ1) is 19.8. The Hall–Kier alpha value is -4.22. The van der Waals surface area contributed by atoms with Crippen molar-refractivity contribution in [3.63, 3.8) is 0 Å². The highest BCUT2D eigenvalue weighted by atomic mass is 32.2. The summed E-state index contributed by atoms with van der Waals surface area (Å²) >= 11 is 0. The molecule has 0 aliphatic rings. The molecule has 0 atom stereocenters. The minimum absolute atomic E-state index is 0.0970. The molecule has 0 saturated heterocycles. The van der Waals surface area contributed by atoms with E-state index in [1.54, 1.807) is 6.07 Å². The van der Waals surface area contributed by atoms with Gasteiger partial charge in [0.25, 0.3) is 40.5 Å². The van der Waals surface area contributed by atoms with Gasteiger partial charge in [0.2, 0.25) is 0 Å². The lowest BCUT2D eigenvalue weighted by Crippen LogP contribution is -2.05. The van der Waals surface area contributed by atoms with Crippen LogP contribution in [0.2, 0.25) is 0 Å². The monoisotopic (exact) mass is 672 g/mol. The number of aromatic hydroxyl groups is 1. The number of hydrogen-bond acceptors (Lipinski definition) is 13. The Morgan fingerprint density at radius 1 is 0.535 bits per heavy atom. The molecule has 4 aromatic rings. The van der Waals surface area contributed by atoms with Gasteiger partial charge in [0.05, 0.1) is 10.6 Å². The molecule has 0 bridgehead atoms. The van der Waals surface area contributed by atoms with Crippen LogP contribution in [0, 0.1) is 0 Å². The molecule has 0 aliphatic heterocycles. The SMILES string of the molecule is O=S(=O)(O)c1ccc2c(N=Nc3ccc(S(=O)(=O)O)c(N=Nc4ccccc4)c3S(=O)(=O)O)c(O)c(S(=O)(=O)O)cc2c1. The van der Waals surface area contributed by atoms with Crippen molar-refractivity contribution < 1.29 is 57.0 Å². The average Bonchev–Trinajstić information content (AvgIpc) is 2.88. The Bertz CT molecular complexity index is 2290. The van der Waals surface area contributed by atoms with Crippen molar-refractivity contribution in [3.8, 4) is 5.75 Å². The van der Waals surface area contributed by atoms with Crippen LogP contribution in [0.4, 0.5) is 22.7 Å². The number of benzene rings is 4. The van der Waals surface area contributed by atoms with Gasteiger partial charge >= 0.3 is 0 Å². The van der Waals surface area contributed by atoms with Crippen molar-refractivity contribution in [2.45, 2.75) is 19.6 Å². The normalized spacial score (nSPS) is 13.3. The number of phenolic OH excluding ortho intramolecular Hbond substituents is 1. The summed E-state index contributed by atoms with van der Waals surface area (Å²) in [6.07, 6.45) is 0. The molecule has 4 aromatic carbocycles. The summed E-state index contributed by atoms with van der Waals surface area (Å²) < 4.78 is 134. The van der Waals surface area contributed by atoms with E-state index in [9.17, 15) is 57.0 Å². The molecule has 0 aliphatic carbocycles. The Balaban J connectivity index is 2.04. The smallest absolute Gasteiger partial charge is 0.299 e. The fourth-order valence-corrected chi connectivity index (χ4v) is 6.27. The highest BCUT2D eigenvalue weighted by Crippen LogP contribution is 2.44. The molecule has 0 fully saturated rings. The Morgan fingerprint density at radius 2 is 1.14 bits per heavy atom. The summed E-state index contributed by atoms with van der Waals surface area (Å²) in [7, 11) is -20.6. The fourth-order valence-electron chi connectivity index (χ4n) is 3.67. The number of phenols is 1. The highest BCUT2D eigenvalue weighted by molar-refractivity contribution is 7.87. The molecule has 5 N–H and O–H groups in total. The van der Waals surface area contributed by atoms with E-state index in [1.165, 1.54) is 24.3 Å². The van der Waals surface area contributed by atoms with Gasteiger partial charge in [-0.15, -0.1) is 15.3 Å². The standard InChI is InChI=1S/C22H16N4O13S4/c27-21-18(42(34,35)36)11-12-10-14(40(28,29)30)6-7-15(12)19(21)25-24-16-8-9-17(41(31,32)33)20(22(16)43(37,38)39)26-23-13-4-2-1-3-5-13/h1-11,27H,(H,28,29,30)(H,31,32,33)(H,34,35,36)(H,37,38,39). The van der Waals surface area contributed by atoms with Gasteiger partial charge in [0.1, 0.15) is 26.9 Å². The lowest BCUT2D eigenvalue weighted by Gasteiger charge is -2.11. The van der Waals surface area contributed by atoms with Gasteiger partial charge in [-0.3, -0.25) is 18.2 Å². The Morgan fingerprint density at radius 3 is 1.70 bits per heavy atom. The van der Waals surface area contributed by atoms with Gasteiger partial charge in [-0.05, 0) is 47.9 Å². The summed E-state index contributed by atoms with van der Waals surface area (Å²) in [5, 5.41) is 24.5. The van der Waals surface area contributed by atoms with Gasteiger partial charge in [0, 0.05) is 5.39 Å². The molecular weight excluding hydrogens is 657 g/mol. The molecule has 0 unspecified atom stereocenters. The molecule has 0 spiro atoms. The fraction of sp³-hybridized carbons (Fsp3) is 0. The second-order valence-corrected chi connectivity index (χ2v) is 13.9. The topological polar surface area (TPSA) is 287 Å². The number of azo groups is 2. The van der Waals surface area contributed by atoms with Crippen LogP contribution < -0.4 is 0 Å². The molecule has 0 amide bonds. The van der Waals surface area contributed by atoms with Crippen LogP contribution in [-0.4, -0.2) is 57.0 Å². The van der Waals surface area contributed by atoms with E-state index in [0.717, 1.165) is 18.2 Å². The van der Waals surface area contributed by atoms with Crippen LogP contribution in [0.1, 0.15) is 0 Å². The Kier molecular flexibility index (Phi) is 8.20. The second-order valence-electron chi connectivity index (χ2n) is 8.35. The maximum atomic E-state index is 12.4. The third kappa shape index (κ3) is 6.89. The lowest BCUT2D eigenvalue weighted by molar-refractivity contribution is 0.445. The molecule has 17 nitrogen and oxygen atoms in total. The van der Waals surface area contributed by atoms with Crippen molar-refractivity contribution in [2.24, 2.45) is 20.5 Å². The van der Waals surface area contributed by atoms with Crippen molar-refractivity contribution in [2.75, 3.05) is 0 Å². The second kappa shape index (κ2) is 11.1. The maximum Gasteiger partial charge on any atom is 0.299 e. The number of nitrogens with zero attached hydrogens (tertiary/aromatic N) is 4. The Labute approximate surface area is 242 Å². The molecule has 0 saturated carbocycles. The predicted molar refractivity (Wildman–Crippen MR) is 146 cm³/mol. The highest BCUT2D eigenvalue weighted by Gasteiger charge is 2.29. The van der Waals surface area contributed by atoms with E-state index in [4.69, 9.17) is 0 Å². The first-order valence-electron chi connectivity index (χ1n) is 11.0. The summed E-state index contributed by atoms with van der Waals surface area (Å²) in [6.45, 7) is 0. The van der Waals surface area contributed by atoms with Gasteiger partial charge in [-0.1, -0.05) is 24.3 Å². The summed E-state index contributed by atoms with van der Waals surface area (Å²) in [5.74, 6) is -1.23. The van der Waals surface area contributed by atoms with Crippen LogP contribution in [0.15, 0.2) is 107 Å². The average molecular weight is 673 g/mol. The van der Waals surface area contributed by atoms with Crippen molar-refractivity contribution in [1.29, 1.82) is 0 Å². The van der Waals surface area contributed by atoms with Crippen LogP contribution in [0.25, 0.3) is 10.8 Å². The van der Waals surface area contributed by atoms with Gasteiger partial charge in [-0.2, -0.15) is 38.8 Å². The molecule has 0 radical (unpaired) electrons. The molecule has 21 heteroatoms. The minimum atomic E-state index is -5.44. The van der Waals surface area contributed by atoms with E-state index in [1.807, 2.05) is 0 Å². The molecular formula is C22H16N4O13S4. The zero-order valence-electron chi connectivity index (χ0n) is 20.8. The predicted octanol–water partition coefficient (Wildman–Crippen LogP) is 4.36. The first-order valence-corrected chi connectivity index (χ1v) is 16.8. The lowest BCUT2D eigenvalue weighted by atomic mass is 10.1. The van der Waals surface area contributed by atoms with E-state index in [-0.39, 0.29) is 16.5 Å². The summed E-state index contributed by atoms with van der Waals surface area (Å²) in [5.41, 5.74) is -2.63. The van der Waals surface area contributed by atoms with Crippen molar-refractivity contribution in [3.05, 3.63) is 66.7 Å². The van der Waals surface area contributed by atoms with Crippen LogP contribution in [0.3, 0.4) is 0 Å².